The fourth-order valence-corrected chi connectivity index (χ4v) is 2.85. The summed E-state index contributed by atoms with van der Waals surface area (Å²) in [5, 5.41) is 14.2. The molecular weight excluding hydrogens is 338 g/mol. The third kappa shape index (κ3) is 3.75. The summed E-state index contributed by atoms with van der Waals surface area (Å²) in [4.78, 5) is 25.4. The van der Waals surface area contributed by atoms with Crippen molar-refractivity contribution in [3.05, 3.63) is 58.1 Å². The molecule has 8 heteroatoms. The molecule has 1 saturated heterocycles. The standard InChI is InChI=1S/C18H19N3O5/c1-25-17-5-3-2-4-14(17)18(22)19-13-6-7-15(16(12-13)21(23)24)20-8-10-26-11-9-20/h2-7,12H,8-11H2,1H3,(H,19,22). The number of rotatable bonds is 5. The van der Waals surface area contributed by atoms with Gasteiger partial charge in [-0.3, -0.25) is 14.9 Å². The van der Waals surface area contributed by atoms with Gasteiger partial charge in [0.1, 0.15) is 11.4 Å². The maximum atomic E-state index is 12.5. The molecule has 0 aliphatic carbocycles. The number of nitro groups is 1. The average molecular weight is 357 g/mol. The van der Waals surface area contributed by atoms with Crippen molar-refractivity contribution in [2.75, 3.05) is 43.6 Å². The number of nitro benzene ring substituents is 1. The maximum Gasteiger partial charge on any atom is 0.294 e. The van der Waals surface area contributed by atoms with E-state index in [9.17, 15) is 14.9 Å². The summed E-state index contributed by atoms with van der Waals surface area (Å²) in [5.74, 6) is 0.0420. The monoisotopic (exact) mass is 357 g/mol. The van der Waals surface area contributed by atoms with E-state index in [1.807, 2.05) is 4.90 Å². The van der Waals surface area contributed by atoms with Crippen molar-refractivity contribution in [3.8, 4) is 5.75 Å². The Morgan fingerprint density at radius 1 is 1.23 bits per heavy atom. The number of ether oxygens (including phenoxy) is 2. The van der Waals surface area contributed by atoms with Crippen LogP contribution in [0, 0.1) is 10.1 Å². The van der Waals surface area contributed by atoms with Crippen molar-refractivity contribution in [1.82, 2.24) is 0 Å². The van der Waals surface area contributed by atoms with E-state index < -0.39 is 10.8 Å². The Morgan fingerprint density at radius 2 is 1.96 bits per heavy atom. The minimum absolute atomic E-state index is 0.0512. The molecule has 0 atom stereocenters. The van der Waals surface area contributed by atoms with Gasteiger partial charge in [0.05, 0.1) is 30.8 Å². The highest BCUT2D eigenvalue weighted by molar-refractivity contribution is 6.06. The van der Waals surface area contributed by atoms with Gasteiger partial charge in [-0.2, -0.15) is 0 Å². The van der Waals surface area contributed by atoms with Crippen LogP contribution in [-0.2, 0) is 4.74 Å². The van der Waals surface area contributed by atoms with Crippen LogP contribution in [0.5, 0.6) is 5.75 Å². The Labute approximate surface area is 150 Å². The third-order valence-corrected chi connectivity index (χ3v) is 4.13. The first-order chi connectivity index (χ1) is 12.6. The number of hydrogen-bond donors (Lipinski definition) is 1. The predicted molar refractivity (Wildman–Crippen MR) is 97.1 cm³/mol. The molecule has 2 aromatic rings. The number of anilines is 2. The first-order valence-electron chi connectivity index (χ1n) is 8.15. The van der Waals surface area contributed by atoms with Gasteiger partial charge in [0.15, 0.2) is 0 Å². The van der Waals surface area contributed by atoms with Crippen molar-refractivity contribution in [1.29, 1.82) is 0 Å². The molecule has 0 bridgehead atoms. The first kappa shape index (κ1) is 17.7. The van der Waals surface area contributed by atoms with E-state index in [0.717, 1.165) is 0 Å². The minimum Gasteiger partial charge on any atom is -0.496 e. The lowest BCUT2D eigenvalue weighted by Gasteiger charge is -2.28. The lowest BCUT2D eigenvalue weighted by atomic mass is 10.1. The van der Waals surface area contributed by atoms with Gasteiger partial charge in [0, 0.05) is 24.8 Å². The number of amides is 1. The summed E-state index contributed by atoms with van der Waals surface area (Å²) in [5.41, 5.74) is 1.18. The van der Waals surface area contributed by atoms with Crippen molar-refractivity contribution in [2.45, 2.75) is 0 Å². The number of methoxy groups -OCH3 is 1. The summed E-state index contributed by atoms with van der Waals surface area (Å²) in [6.07, 6.45) is 0. The summed E-state index contributed by atoms with van der Waals surface area (Å²) in [6.45, 7) is 2.24. The van der Waals surface area contributed by atoms with Gasteiger partial charge in [-0.15, -0.1) is 0 Å². The molecule has 1 N–H and O–H groups in total. The number of nitrogens with zero attached hydrogens (tertiary/aromatic N) is 2. The molecule has 1 aliphatic heterocycles. The maximum absolute atomic E-state index is 12.5. The first-order valence-corrected chi connectivity index (χ1v) is 8.15. The van der Waals surface area contributed by atoms with Crippen molar-refractivity contribution >= 4 is 23.0 Å². The lowest BCUT2D eigenvalue weighted by Crippen LogP contribution is -2.36. The molecule has 0 spiro atoms. The van der Waals surface area contributed by atoms with E-state index in [0.29, 0.717) is 49.0 Å². The number of morpholine rings is 1. The van der Waals surface area contributed by atoms with Crippen LogP contribution < -0.4 is 15.0 Å². The van der Waals surface area contributed by atoms with Crippen LogP contribution in [0.15, 0.2) is 42.5 Å². The topological polar surface area (TPSA) is 93.9 Å². The molecule has 1 fully saturated rings. The zero-order valence-electron chi connectivity index (χ0n) is 14.3. The molecule has 0 unspecified atom stereocenters. The quantitative estimate of drug-likeness (QED) is 0.653. The summed E-state index contributed by atoms with van der Waals surface area (Å²) >= 11 is 0. The van der Waals surface area contributed by atoms with E-state index in [4.69, 9.17) is 9.47 Å². The predicted octanol–water partition coefficient (Wildman–Crippen LogP) is 2.69. The second-order valence-corrected chi connectivity index (χ2v) is 5.71. The van der Waals surface area contributed by atoms with Crippen LogP contribution in [0.3, 0.4) is 0 Å². The van der Waals surface area contributed by atoms with Gasteiger partial charge < -0.3 is 19.7 Å². The second kappa shape index (κ2) is 7.83. The fourth-order valence-electron chi connectivity index (χ4n) is 2.85. The van der Waals surface area contributed by atoms with E-state index >= 15 is 0 Å². The number of carbonyl (C=O) groups excluding carboxylic acids is 1. The molecule has 3 rings (SSSR count). The number of hydrogen-bond acceptors (Lipinski definition) is 6. The van der Waals surface area contributed by atoms with E-state index in [1.54, 1.807) is 36.4 Å². The van der Waals surface area contributed by atoms with Crippen LogP contribution in [0.2, 0.25) is 0 Å². The summed E-state index contributed by atoms with van der Waals surface area (Å²) in [7, 11) is 1.48. The Bertz CT molecular complexity index is 818. The van der Waals surface area contributed by atoms with Gasteiger partial charge >= 0.3 is 0 Å². The molecule has 26 heavy (non-hydrogen) atoms. The molecule has 1 amide bonds. The zero-order valence-corrected chi connectivity index (χ0v) is 14.3. The molecule has 1 aliphatic rings. The van der Waals surface area contributed by atoms with Crippen molar-refractivity contribution in [3.63, 3.8) is 0 Å². The second-order valence-electron chi connectivity index (χ2n) is 5.71. The highest BCUT2D eigenvalue weighted by Crippen LogP contribution is 2.32. The molecule has 8 nitrogen and oxygen atoms in total. The highest BCUT2D eigenvalue weighted by atomic mass is 16.6. The van der Waals surface area contributed by atoms with Crippen molar-refractivity contribution < 1.29 is 19.2 Å². The Kier molecular flexibility index (Phi) is 5.33. The fraction of sp³-hybridized carbons (Fsp3) is 0.278. The van der Waals surface area contributed by atoms with E-state index in [2.05, 4.69) is 5.32 Å². The highest BCUT2D eigenvalue weighted by Gasteiger charge is 2.22. The number of benzene rings is 2. The van der Waals surface area contributed by atoms with Crippen LogP contribution in [-0.4, -0.2) is 44.2 Å². The van der Waals surface area contributed by atoms with E-state index in [1.165, 1.54) is 13.2 Å². The lowest BCUT2D eigenvalue weighted by molar-refractivity contribution is -0.384. The molecule has 0 radical (unpaired) electrons. The summed E-state index contributed by atoms with van der Waals surface area (Å²) in [6, 6.07) is 11.5. The average Bonchev–Trinajstić information content (AvgIpc) is 2.68. The van der Waals surface area contributed by atoms with Gasteiger partial charge in [0.25, 0.3) is 11.6 Å². The van der Waals surface area contributed by atoms with Crippen LogP contribution in [0.25, 0.3) is 0 Å². The molecule has 1 heterocycles. The molecule has 136 valence electrons. The largest absolute Gasteiger partial charge is 0.496 e. The molecule has 0 saturated carbocycles. The van der Waals surface area contributed by atoms with Crippen LogP contribution in [0.4, 0.5) is 17.1 Å². The SMILES string of the molecule is COc1ccccc1C(=O)Nc1ccc(N2CCOCC2)c([N+](=O)[O-])c1. The molecular formula is C18H19N3O5. The Morgan fingerprint density at radius 3 is 2.65 bits per heavy atom. The number of para-hydroxylation sites is 1. The van der Waals surface area contributed by atoms with Crippen molar-refractivity contribution in [2.24, 2.45) is 0 Å². The van der Waals surface area contributed by atoms with Gasteiger partial charge in [0.2, 0.25) is 0 Å². The van der Waals surface area contributed by atoms with Gasteiger partial charge in [-0.1, -0.05) is 12.1 Å². The number of nitrogens with one attached hydrogen (secondary N) is 1. The van der Waals surface area contributed by atoms with Crippen LogP contribution >= 0.6 is 0 Å². The molecule has 0 aromatic heterocycles. The molecule has 2 aromatic carbocycles. The smallest absolute Gasteiger partial charge is 0.294 e. The van der Waals surface area contributed by atoms with Gasteiger partial charge in [-0.05, 0) is 24.3 Å². The Hall–Kier alpha value is -3.13. The number of carbonyl (C=O) groups is 1. The zero-order chi connectivity index (χ0) is 18.5. The van der Waals surface area contributed by atoms with Crippen LogP contribution in [0.1, 0.15) is 10.4 Å². The summed E-state index contributed by atoms with van der Waals surface area (Å²) < 4.78 is 10.5. The Balaban J connectivity index is 1.85. The third-order valence-electron chi connectivity index (χ3n) is 4.13. The minimum atomic E-state index is -0.441. The van der Waals surface area contributed by atoms with Gasteiger partial charge in [-0.25, -0.2) is 0 Å². The van der Waals surface area contributed by atoms with E-state index in [-0.39, 0.29) is 5.69 Å². The normalized spacial score (nSPS) is 14.0.